The number of fused-ring (bicyclic) bond motifs is 3. The van der Waals surface area contributed by atoms with Gasteiger partial charge >= 0.3 is 0 Å². The Kier molecular flexibility index (Phi) is 5.70. The molecule has 2 atom stereocenters. The quantitative estimate of drug-likeness (QED) is 0.313. The van der Waals surface area contributed by atoms with Crippen LogP contribution in [0.4, 0.5) is 4.39 Å². The molecular weight excluding hydrogens is 453 g/mol. The van der Waals surface area contributed by atoms with Gasteiger partial charge in [0.1, 0.15) is 5.82 Å². The molecule has 1 aliphatic rings. The number of halogens is 1. The van der Waals surface area contributed by atoms with Crippen molar-refractivity contribution in [1.82, 2.24) is 20.3 Å². The maximum Gasteiger partial charge on any atom is 0.251 e. The summed E-state index contributed by atoms with van der Waals surface area (Å²) in [5, 5.41) is 4.73. The van der Waals surface area contributed by atoms with Crippen LogP contribution in [-0.4, -0.2) is 32.9 Å². The second-order valence-electron chi connectivity index (χ2n) is 9.43. The van der Waals surface area contributed by atoms with E-state index in [0.29, 0.717) is 16.7 Å². The minimum absolute atomic E-state index is 0.00837. The van der Waals surface area contributed by atoms with Crippen LogP contribution in [-0.2, 0) is 0 Å². The van der Waals surface area contributed by atoms with E-state index in [1.807, 2.05) is 18.2 Å². The number of nitrogens with one attached hydrogen (secondary N) is 2. The van der Waals surface area contributed by atoms with Crippen molar-refractivity contribution in [3.63, 3.8) is 0 Å². The maximum atomic E-state index is 15.3. The van der Waals surface area contributed by atoms with Gasteiger partial charge in [0, 0.05) is 57.5 Å². The third kappa shape index (κ3) is 4.01. The number of H-pyrrole nitrogens is 1. The van der Waals surface area contributed by atoms with E-state index in [1.165, 1.54) is 6.07 Å². The molecule has 1 amide bonds. The van der Waals surface area contributed by atoms with E-state index in [0.717, 1.165) is 58.7 Å². The molecule has 4 N–H and O–H groups in total. The molecule has 3 heterocycles. The number of rotatable bonds is 4. The fourth-order valence-corrected chi connectivity index (χ4v) is 5.20. The summed E-state index contributed by atoms with van der Waals surface area (Å²) in [4.78, 5) is 24.9. The van der Waals surface area contributed by atoms with Crippen molar-refractivity contribution in [3.05, 3.63) is 84.6 Å². The number of nitrogens with zero attached hydrogens (tertiary/aromatic N) is 2. The van der Waals surface area contributed by atoms with Crippen molar-refractivity contribution < 1.29 is 9.18 Å². The van der Waals surface area contributed by atoms with Crippen molar-refractivity contribution in [3.8, 4) is 22.4 Å². The third-order valence-electron chi connectivity index (χ3n) is 7.13. The standard InChI is InChI=1S/C29H26FN5O/c30-21-11-12-24-28(20-14-25(33-16-26(20)34-24)19-4-3-13-32-15-19)27(21)17-7-9-18(10-8-17)29(36)35-23-6-2-1-5-22(23)31/h3-4,7-16,22-23,34H,1-2,5-6,31H2,(H,35,36). The number of amides is 1. The summed E-state index contributed by atoms with van der Waals surface area (Å²) in [5.74, 6) is -0.476. The minimum Gasteiger partial charge on any atom is -0.353 e. The smallest absolute Gasteiger partial charge is 0.251 e. The Morgan fingerprint density at radius 2 is 1.83 bits per heavy atom. The largest absolute Gasteiger partial charge is 0.353 e. The van der Waals surface area contributed by atoms with Crippen molar-refractivity contribution >= 4 is 27.7 Å². The molecule has 0 bridgehead atoms. The summed E-state index contributed by atoms with van der Waals surface area (Å²) >= 11 is 0. The molecule has 2 aromatic carbocycles. The number of hydrogen-bond donors (Lipinski definition) is 3. The Morgan fingerprint density at radius 1 is 1.00 bits per heavy atom. The molecule has 1 saturated carbocycles. The topological polar surface area (TPSA) is 96.7 Å². The van der Waals surface area contributed by atoms with Gasteiger partial charge in [-0.1, -0.05) is 25.0 Å². The highest BCUT2D eigenvalue weighted by atomic mass is 19.1. The van der Waals surface area contributed by atoms with Gasteiger partial charge in [-0.3, -0.25) is 14.8 Å². The minimum atomic E-state index is -0.325. The molecular formula is C29H26FN5O. The molecule has 36 heavy (non-hydrogen) atoms. The van der Waals surface area contributed by atoms with Crippen LogP contribution in [0.1, 0.15) is 36.0 Å². The number of carbonyl (C=O) groups is 1. The van der Waals surface area contributed by atoms with Crippen molar-refractivity contribution in [2.45, 2.75) is 37.8 Å². The van der Waals surface area contributed by atoms with E-state index in [-0.39, 0.29) is 23.8 Å². The van der Waals surface area contributed by atoms with Gasteiger partial charge in [0.25, 0.3) is 5.91 Å². The first-order chi connectivity index (χ1) is 17.6. The van der Waals surface area contributed by atoms with Gasteiger partial charge < -0.3 is 16.0 Å². The highest BCUT2D eigenvalue weighted by molar-refractivity contribution is 6.14. The molecule has 180 valence electrons. The average molecular weight is 480 g/mol. The van der Waals surface area contributed by atoms with Gasteiger partial charge in [-0.25, -0.2) is 4.39 Å². The fourth-order valence-electron chi connectivity index (χ4n) is 5.20. The van der Waals surface area contributed by atoms with Crippen LogP contribution in [0, 0.1) is 5.82 Å². The average Bonchev–Trinajstić information content (AvgIpc) is 3.28. The van der Waals surface area contributed by atoms with Crippen LogP contribution in [0.2, 0.25) is 0 Å². The lowest BCUT2D eigenvalue weighted by molar-refractivity contribution is 0.0921. The molecule has 0 spiro atoms. The Bertz CT molecular complexity index is 1560. The van der Waals surface area contributed by atoms with E-state index < -0.39 is 0 Å². The van der Waals surface area contributed by atoms with Gasteiger partial charge in [-0.15, -0.1) is 0 Å². The normalized spacial score (nSPS) is 17.9. The van der Waals surface area contributed by atoms with Gasteiger partial charge in [-0.2, -0.15) is 0 Å². The third-order valence-corrected chi connectivity index (χ3v) is 7.13. The van der Waals surface area contributed by atoms with Crippen molar-refractivity contribution in [1.29, 1.82) is 0 Å². The second kappa shape index (κ2) is 9.17. The van der Waals surface area contributed by atoms with E-state index in [1.54, 1.807) is 48.9 Å². The Hall–Kier alpha value is -4.10. The number of aromatic nitrogens is 3. The first-order valence-corrected chi connectivity index (χ1v) is 12.3. The summed E-state index contributed by atoms with van der Waals surface area (Å²) in [6.07, 6.45) is 9.24. The predicted octanol–water partition coefficient (Wildman–Crippen LogP) is 5.58. The first kappa shape index (κ1) is 22.4. The number of hydrogen-bond acceptors (Lipinski definition) is 4. The van der Waals surface area contributed by atoms with Gasteiger partial charge in [0.15, 0.2) is 0 Å². The fraction of sp³-hybridized carbons (Fsp3) is 0.207. The second-order valence-corrected chi connectivity index (χ2v) is 9.43. The van der Waals surface area contributed by atoms with E-state index in [2.05, 4.69) is 20.3 Å². The highest BCUT2D eigenvalue weighted by Gasteiger charge is 2.24. The molecule has 0 saturated heterocycles. The Morgan fingerprint density at radius 3 is 2.61 bits per heavy atom. The van der Waals surface area contributed by atoms with Crippen molar-refractivity contribution in [2.75, 3.05) is 0 Å². The molecule has 6 rings (SSSR count). The Labute approximate surface area is 207 Å². The summed E-state index contributed by atoms with van der Waals surface area (Å²) in [7, 11) is 0. The molecule has 0 radical (unpaired) electrons. The number of carbonyl (C=O) groups excluding carboxylic acids is 1. The van der Waals surface area contributed by atoms with E-state index in [4.69, 9.17) is 5.73 Å². The van der Waals surface area contributed by atoms with Crippen molar-refractivity contribution in [2.24, 2.45) is 5.73 Å². The van der Waals surface area contributed by atoms with Crippen LogP contribution in [0.5, 0.6) is 0 Å². The zero-order valence-electron chi connectivity index (χ0n) is 19.7. The number of pyridine rings is 2. The highest BCUT2D eigenvalue weighted by Crippen LogP contribution is 2.37. The lowest BCUT2D eigenvalue weighted by atomic mass is 9.91. The zero-order chi connectivity index (χ0) is 24.6. The van der Waals surface area contributed by atoms with Crippen LogP contribution in [0.25, 0.3) is 44.2 Å². The SMILES string of the molecule is NC1CCCCC1NC(=O)c1ccc(-c2c(F)ccc3[nH]c4cnc(-c5cccnc5)cc4c23)cc1. The molecule has 2 unspecified atom stereocenters. The zero-order valence-corrected chi connectivity index (χ0v) is 19.7. The van der Waals surface area contributed by atoms with E-state index in [9.17, 15) is 4.79 Å². The number of nitrogens with two attached hydrogens (primary N) is 1. The molecule has 1 aliphatic carbocycles. The molecule has 1 fully saturated rings. The monoisotopic (exact) mass is 479 g/mol. The predicted molar refractivity (Wildman–Crippen MR) is 140 cm³/mol. The summed E-state index contributed by atoms with van der Waals surface area (Å²) < 4.78 is 15.3. The lowest BCUT2D eigenvalue weighted by Gasteiger charge is -2.29. The van der Waals surface area contributed by atoms with Gasteiger partial charge in [0.05, 0.1) is 17.4 Å². The summed E-state index contributed by atoms with van der Waals surface area (Å²) in [5.41, 5.74) is 11.2. The van der Waals surface area contributed by atoms with Crippen LogP contribution in [0.15, 0.2) is 73.2 Å². The Balaban J connectivity index is 1.39. The van der Waals surface area contributed by atoms with Crippen LogP contribution < -0.4 is 11.1 Å². The van der Waals surface area contributed by atoms with Crippen LogP contribution in [0.3, 0.4) is 0 Å². The molecule has 7 heteroatoms. The maximum absolute atomic E-state index is 15.3. The van der Waals surface area contributed by atoms with E-state index >= 15 is 4.39 Å². The molecule has 6 nitrogen and oxygen atoms in total. The molecule has 3 aromatic heterocycles. The molecule has 0 aliphatic heterocycles. The van der Waals surface area contributed by atoms with Crippen LogP contribution >= 0.6 is 0 Å². The molecule has 5 aromatic rings. The number of aromatic amines is 1. The summed E-state index contributed by atoms with van der Waals surface area (Å²) in [6.45, 7) is 0. The van der Waals surface area contributed by atoms with Gasteiger partial charge in [-0.05, 0) is 60.9 Å². The number of benzene rings is 2. The lowest BCUT2D eigenvalue weighted by Crippen LogP contribution is -2.49. The van der Waals surface area contributed by atoms with Gasteiger partial charge in [0.2, 0.25) is 0 Å². The summed E-state index contributed by atoms with van der Waals surface area (Å²) in [6, 6.07) is 16.1. The first-order valence-electron chi connectivity index (χ1n) is 12.3.